The average molecular weight is 1470 g/mol. The number of nitrogens with zero attached hydrogens (tertiary/aromatic N) is 11. The number of amides is 4. The van der Waals surface area contributed by atoms with E-state index >= 15 is 0 Å². The molecule has 4 amide bonds. The van der Waals surface area contributed by atoms with Crippen molar-refractivity contribution in [3.05, 3.63) is 96.9 Å². The lowest BCUT2D eigenvalue weighted by Crippen LogP contribution is -2.47. The molecule has 2 aliphatic rings. The number of anilines is 4. The van der Waals surface area contributed by atoms with Gasteiger partial charge in [0.15, 0.2) is 17.2 Å². The molecule has 0 saturated heterocycles. The number of nitrogens with one attached hydrogen (secondary N) is 4. The maximum atomic E-state index is 14.3. The molecule has 3 unspecified atom stereocenters. The molecule has 0 fully saturated rings. The van der Waals surface area contributed by atoms with Gasteiger partial charge in [0.1, 0.15) is 29.9 Å². The van der Waals surface area contributed by atoms with Crippen LogP contribution in [0, 0.1) is 5.82 Å². The molecule has 0 aliphatic carbocycles. The minimum absolute atomic E-state index is 0.0412. The molecule has 0 saturated carbocycles. The van der Waals surface area contributed by atoms with Crippen LogP contribution in [0.15, 0.2) is 80.5 Å². The number of aromatic nitrogens is 8. The highest BCUT2D eigenvalue weighted by molar-refractivity contribution is 8.00. The van der Waals surface area contributed by atoms with Crippen LogP contribution in [0.4, 0.5) is 38.4 Å². The van der Waals surface area contributed by atoms with Gasteiger partial charge in [0.05, 0.1) is 55.5 Å². The molecule has 3 atom stereocenters. The maximum absolute atomic E-state index is 14.3. The van der Waals surface area contributed by atoms with Crippen molar-refractivity contribution in [1.29, 1.82) is 0 Å². The van der Waals surface area contributed by atoms with Gasteiger partial charge in [-0.15, -0.1) is 11.8 Å². The van der Waals surface area contributed by atoms with Gasteiger partial charge in [-0.1, -0.05) is 46.9 Å². The molecule has 94 heavy (non-hydrogen) atoms. The number of hydrogen-bond acceptors (Lipinski definition) is 25. The van der Waals surface area contributed by atoms with E-state index in [1.165, 1.54) is 77.5 Å². The number of rotatable bonds is 19. The zero-order valence-electron chi connectivity index (χ0n) is 52.2. The number of ether oxygens (including phenoxy) is 4. The van der Waals surface area contributed by atoms with Gasteiger partial charge in [0.25, 0.3) is 21.8 Å². The van der Waals surface area contributed by atoms with Crippen LogP contribution in [-0.4, -0.2) is 182 Å². The Balaban J connectivity index is 0.000000261. The Morgan fingerprint density at radius 1 is 0.957 bits per heavy atom. The Morgan fingerprint density at radius 3 is 2.18 bits per heavy atom. The quantitative estimate of drug-likeness (QED) is 0.0186. The molecule has 2 aromatic carbocycles. The first-order valence-corrected chi connectivity index (χ1v) is 35.0. The summed E-state index contributed by atoms with van der Waals surface area (Å²) < 4.78 is 75.1. The Hall–Kier alpha value is -7.47. The predicted molar refractivity (Wildman–Crippen MR) is 355 cm³/mol. The first-order valence-electron chi connectivity index (χ1n) is 27.8. The van der Waals surface area contributed by atoms with E-state index in [9.17, 15) is 46.1 Å². The van der Waals surface area contributed by atoms with Crippen LogP contribution in [0.2, 0.25) is 10.3 Å². The third kappa shape index (κ3) is 25.0. The topological polar surface area (TPSA) is 411 Å². The van der Waals surface area contributed by atoms with Crippen molar-refractivity contribution < 1.29 is 70.3 Å². The average Bonchev–Trinajstić information content (AvgIpc) is 1.30. The summed E-state index contributed by atoms with van der Waals surface area (Å²) in [7, 11) is -0.654. The molecule has 4 aromatic heterocycles. The summed E-state index contributed by atoms with van der Waals surface area (Å²) in [5, 5.41) is 16.3. The number of carboxylic acids is 1. The van der Waals surface area contributed by atoms with Crippen LogP contribution >= 0.6 is 76.9 Å². The number of carbonyl (C=O) groups is 5. The molecule has 8 rings (SSSR count). The molecule has 8 N–H and O–H groups in total. The maximum Gasteiger partial charge on any atom is 0.335 e. The lowest BCUT2D eigenvalue weighted by molar-refractivity contribution is -0.139. The number of esters is 1. The molecular formula is C54H70Cl4FN16O15PS3. The number of thioether (sulfide) groups is 1. The normalized spacial score (nSPS) is 14.1. The predicted octanol–water partition coefficient (Wildman–Crippen LogP) is 6.97. The molecule has 2 aliphatic heterocycles. The van der Waals surface area contributed by atoms with E-state index in [0.717, 1.165) is 54.2 Å². The van der Waals surface area contributed by atoms with E-state index in [-0.39, 0.29) is 80.5 Å². The van der Waals surface area contributed by atoms with E-state index in [2.05, 4.69) is 55.6 Å². The second-order valence-electron chi connectivity index (χ2n) is 19.9. The van der Waals surface area contributed by atoms with Gasteiger partial charge >= 0.3 is 22.8 Å². The largest absolute Gasteiger partial charge is 0.489 e. The number of nitrogens with two attached hydrogens (primary N) is 1. The number of para-hydroxylation sites is 2. The number of pyridine rings is 1. The SMILES string of the molecule is CC1COc2ccccc2N1C(=O)C(Cl)Cl.CCNc1nc(Cl)nc(NC(C)C)n1.COC(=O)CSc1cc(/N=c2\sc(=O)n3n2CCCC3)c(F)cc1Cl.COc1cc(OC)nc(NC(=O)NS(=O)(=O)c2ncccc2C(=O)N(C)C)n1.CP(=O)(O)CCC(N)C(=O)O. The second kappa shape index (κ2) is 37.6. The van der Waals surface area contributed by atoms with Crippen LogP contribution in [0.3, 0.4) is 0 Å². The zero-order chi connectivity index (χ0) is 70.2. The van der Waals surface area contributed by atoms with E-state index in [1.54, 1.807) is 19.0 Å². The third-order valence-electron chi connectivity index (χ3n) is 11.9. The molecule has 0 radical (unpaired) electrons. The molecule has 31 nitrogen and oxygen atoms in total. The molecule has 40 heteroatoms. The van der Waals surface area contributed by atoms with Crippen LogP contribution in [0.1, 0.15) is 57.3 Å². The van der Waals surface area contributed by atoms with Gasteiger partial charge in [0, 0.05) is 63.7 Å². The summed E-state index contributed by atoms with van der Waals surface area (Å²) in [5.41, 5.74) is 5.71. The number of urea groups is 1. The number of sulfonamides is 1. The fraction of sp³-hybridized carbons (Fsp3) is 0.426. The zero-order valence-corrected chi connectivity index (χ0v) is 58.6. The summed E-state index contributed by atoms with van der Waals surface area (Å²) in [5.74, 6) is -1.36. The van der Waals surface area contributed by atoms with Crippen molar-refractivity contribution in [2.45, 2.75) is 92.9 Å². The van der Waals surface area contributed by atoms with E-state index < -0.39 is 63.0 Å². The smallest absolute Gasteiger partial charge is 0.335 e. The second-order valence-corrected chi connectivity index (χ2v) is 27.9. The highest BCUT2D eigenvalue weighted by atomic mass is 35.5. The van der Waals surface area contributed by atoms with Crippen molar-refractivity contribution in [3.8, 4) is 17.5 Å². The van der Waals surface area contributed by atoms with Crippen molar-refractivity contribution in [1.82, 2.24) is 48.9 Å². The number of aliphatic carboxylic acids is 1. The Bertz CT molecular complexity index is 3890. The van der Waals surface area contributed by atoms with Crippen molar-refractivity contribution in [2.24, 2.45) is 10.7 Å². The van der Waals surface area contributed by atoms with Crippen molar-refractivity contribution >= 4 is 146 Å². The fourth-order valence-electron chi connectivity index (χ4n) is 7.56. The van der Waals surface area contributed by atoms with Gasteiger partial charge in [-0.05, 0) is 106 Å². The third-order valence-corrected chi connectivity index (χ3v) is 17.1. The monoisotopic (exact) mass is 1470 g/mol. The summed E-state index contributed by atoms with van der Waals surface area (Å²) in [6.45, 7) is 11.6. The number of fused-ring (bicyclic) bond motifs is 2. The number of halogens is 5. The molecule has 6 aromatic rings. The Labute approximate surface area is 567 Å². The van der Waals surface area contributed by atoms with Crippen LogP contribution in [0.5, 0.6) is 17.5 Å². The Kier molecular flexibility index (Phi) is 31.6. The molecule has 0 bridgehead atoms. The van der Waals surface area contributed by atoms with Gasteiger partial charge in [0.2, 0.25) is 39.7 Å². The number of alkyl halides is 2. The van der Waals surface area contributed by atoms with Gasteiger partial charge < -0.3 is 55.1 Å². The molecule has 514 valence electrons. The van der Waals surface area contributed by atoms with E-state index in [1.807, 2.05) is 52.0 Å². The van der Waals surface area contributed by atoms with Gasteiger partial charge in [-0.2, -0.15) is 33.3 Å². The summed E-state index contributed by atoms with van der Waals surface area (Å²) in [6.07, 6.45) is 3.08. The van der Waals surface area contributed by atoms with Crippen LogP contribution in [0.25, 0.3) is 0 Å². The van der Waals surface area contributed by atoms with Gasteiger partial charge in [-0.3, -0.25) is 38.5 Å². The minimum atomic E-state index is -4.46. The number of hydrogen-bond donors (Lipinski definition) is 7. The van der Waals surface area contributed by atoms with Crippen molar-refractivity contribution in [3.63, 3.8) is 0 Å². The first kappa shape index (κ1) is 79.0. The molecule has 6 heterocycles. The number of carboxylic acid groups (broad SMARTS) is 1. The molecule has 0 spiro atoms. The first-order chi connectivity index (χ1) is 44.2. The summed E-state index contributed by atoms with van der Waals surface area (Å²) >= 11 is 25.2. The Morgan fingerprint density at radius 2 is 1.60 bits per heavy atom. The van der Waals surface area contributed by atoms with Crippen LogP contribution in [-0.2, 0) is 46.8 Å². The van der Waals surface area contributed by atoms with Crippen molar-refractivity contribution in [2.75, 3.05) is 88.0 Å². The highest BCUT2D eigenvalue weighted by Crippen LogP contribution is 2.37. The minimum Gasteiger partial charge on any atom is -0.489 e. The van der Waals surface area contributed by atoms with Crippen LogP contribution < -0.4 is 55.2 Å². The summed E-state index contributed by atoms with van der Waals surface area (Å²) in [6, 6.07) is 12.1. The lowest BCUT2D eigenvalue weighted by Gasteiger charge is -2.35. The number of benzene rings is 2. The number of methoxy groups -OCH3 is 3. The summed E-state index contributed by atoms with van der Waals surface area (Å²) in [4.78, 5) is 109. The van der Waals surface area contributed by atoms with E-state index in [4.69, 9.17) is 76.3 Å². The fourth-order valence-corrected chi connectivity index (χ4v) is 11.7. The highest BCUT2D eigenvalue weighted by Gasteiger charge is 2.32. The lowest BCUT2D eigenvalue weighted by atomic mass is 10.1. The van der Waals surface area contributed by atoms with Gasteiger partial charge in [-0.25, -0.2) is 28.6 Å². The van der Waals surface area contributed by atoms with E-state index in [0.29, 0.717) is 47.0 Å². The number of carbonyl (C=O) groups excluding carboxylic acids is 4. The molecular weight excluding hydrogens is 1400 g/mol. The standard InChI is InChI=1S/C15H15ClFN3O3S2.C15H18N6O6S.C11H11Cl2NO2.C8H14ClN5.C5H12NO4P/c1-23-13(21)8-24-12-7-11(10(17)6-9(12)16)18-14-19-4-2-3-5-20(19)15(22)25-14;1-21(2)13(22)9-6-5-7-16-12(9)28(24,25)20-15(23)19-14-17-10(26-3)8-11(18-14)27-4;1-7-6-16-9-5-3-2-4-8(9)14(7)11(15)10(12)13;1-4-10-7-12-6(9)13-8(14-7)11-5(2)3;1-11(9,10)3-2-4(6)5(7)8/h6-7H,2-5,8H2,1H3;5-8H,1-4H3,(H2,17,18,19,20,23);2-5,7,10H,6H2,1H3;5H,4H2,1-3H3,(H2,10,11,12,13,14);4H,2-3,6H2,1H3,(H,7,8)(H,9,10)/b18-14-;;;;.